The van der Waals surface area contributed by atoms with Crippen LogP contribution in [0, 0.1) is 0 Å². The number of benzene rings is 1. The average molecular weight is 361 g/mol. The summed E-state index contributed by atoms with van der Waals surface area (Å²) in [5.41, 5.74) is 2.44. The second-order valence-corrected chi connectivity index (χ2v) is 8.04. The Morgan fingerprint density at radius 1 is 1.28 bits per heavy atom. The van der Waals surface area contributed by atoms with Gasteiger partial charge in [-0.3, -0.25) is 9.79 Å². The van der Waals surface area contributed by atoms with Crippen molar-refractivity contribution in [2.75, 3.05) is 25.9 Å². The molecule has 2 aliphatic heterocycles. The second-order valence-electron chi connectivity index (χ2n) is 6.63. The molecule has 6 heteroatoms. The minimum atomic E-state index is 0.273. The second kappa shape index (κ2) is 9.13. The summed E-state index contributed by atoms with van der Waals surface area (Å²) in [7, 11) is 1.81. The lowest BCUT2D eigenvalue weighted by Gasteiger charge is -2.19. The van der Waals surface area contributed by atoms with E-state index in [0.29, 0.717) is 18.2 Å². The summed E-state index contributed by atoms with van der Waals surface area (Å²) in [4.78, 5) is 18.2. The Bertz CT molecular complexity index is 613. The van der Waals surface area contributed by atoms with Crippen LogP contribution < -0.4 is 10.6 Å². The number of thioether (sulfide) groups is 1. The molecule has 2 heterocycles. The van der Waals surface area contributed by atoms with E-state index in [9.17, 15) is 4.79 Å². The normalized spacial score (nSPS) is 21.0. The lowest BCUT2D eigenvalue weighted by atomic mass is 10.1. The molecule has 0 aromatic heterocycles. The molecule has 2 aliphatic rings. The van der Waals surface area contributed by atoms with Crippen molar-refractivity contribution in [2.45, 2.75) is 44.0 Å². The smallest absolute Gasteiger partial charge is 0.222 e. The zero-order valence-corrected chi connectivity index (χ0v) is 15.8. The molecule has 1 amide bonds. The highest BCUT2D eigenvalue weighted by Crippen LogP contribution is 2.25. The van der Waals surface area contributed by atoms with E-state index in [1.165, 1.54) is 29.7 Å². The van der Waals surface area contributed by atoms with Crippen LogP contribution >= 0.6 is 11.8 Å². The fourth-order valence-electron chi connectivity index (χ4n) is 3.38. The van der Waals surface area contributed by atoms with Crippen LogP contribution in [0.25, 0.3) is 0 Å². The fourth-order valence-corrected chi connectivity index (χ4v) is 4.58. The van der Waals surface area contributed by atoms with Gasteiger partial charge in [0.2, 0.25) is 5.91 Å². The maximum atomic E-state index is 11.9. The Labute approximate surface area is 154 Å². The van der Waals surface area contributed by atoms with Crippen LogP contribution in [0.1, 0.15) is 36.8 Å². The number of hydrogen-bond acceptors (Lipinski definition) is 3. The molecule has 2 N–H and O–H groups in total. The Morgan fingerprint density at radius 2 is 2.12 bits per heavy atom. The number of carbonyl (C=O) groups is 1. The number of likely N-dealkylation sites (tertiary alicyclic amines) is 1. The number of nitrogens with zero attached hydrogens (tertiary/aromatic N) is 2. The van der Waals surface area contributed by atoms with Gasteiger partial charge in [0.1, 0.15) is 0 Å². The summed E-state index contributed by atoms with van der Waals surface area (Å²) in [6.07, 6.45) is 4.29. The summed E-state index contributed by atoms with van der Waals surface area (Å²) < 4.78 is 0. The Kier molecular flexibility index (Phi) is 6.62. The first kappa shape index (κ1) is 18.1. The number of guanidine groups is 1. The molecule has 0 spiro atoms. The average Bonchev–Trinajstić information content (AvgIpc) is 3.29. The van der Waals surface area contributed by atoms with Gasteiger partial charge in [-0.2, -0.15) is 11.8 Å². The van der Waals surface area contributed by atoms with E-state index in [2.05, 4.69) is 33.8 Å². The molecule has 0 saturated carbocycles. The van der Waals surface area contributed by atoms with Gasteiger partial charge >= 0.3 is 0 Å². The van der Waals surface area contributed by atoms with Crippen LogP contribution in [-0.4, -0.2) is 47.9 Å². The number of aliphatic imine (C=N–C) groups is 1. The number of nitrogens with one attached hydrogen (secondary N) is 2. The minimum Gasteiger partial charge on any atom is -0.355 e. The molecule has 1 aromatic carbocycles. The molecular weight excluding hydrogens is 332 g/mol. The van der Waals surface area contributed by atoms with Gasteiger partial charge in [0.15, 0.2) is 5.96 Å². The van der Waals surface area contributed by atoms with Gasteiger partial charge in [-0.15, -0.1) is 0 Å². The molecule has 25 heavy (non-hydrogen) atoms. The standard InChI is InChI=1S/C19H28N4OS/c1-20-19(22-13-17-8-5-11-25-17)21-12-15-6-2-3-7-16(15)14-23-10-4-9-18(23)24/h2-3,6-7,17H,4-5,8-14H2,1H3,(H2,20,21,22). The maximum absolute atomic E-state index is 11.9. The van der Waals surface area contributed by atoms with Crippen molar-refractivity contribution in [3.63, 3.8) is 0 Å². The van der Waals surface area contributed by atoms with E-state index in [1.54, 1.807) is 0 Å². The van der Waals surface area contributed by atoms with Crippen molar-refractivity contribution in [3.05, 3.63) is 35.4 Å². The third kappa shape index (κ3) is 5.14. The van der Waals surface area contributed by atoms with E-state index in [-0.39, 0.29) is 5.91 Å². The Morgan fingerprint density at radius 3 is 2.80 bits per heavy atom. The molecule has 0 radical (unpaired) electrons. The topological polar surface area (TPSA) is 56.7 Å². The highest BCUT2D eigenvalue weighted by atomic mass is 32.2. The molecule has 5 nitrogen and oxygen atoms in total. The molecule has 2 fully saturated rings. The fraction of sp³-hybridized carbons (Fsp3) is 0.579. The van der Waals surface area contributed by atoms with Gasteiger partial charge < -0.3 is 15.5 Å². The van der Waals surface area contributed by atoms with Gasteiger partial charge in [0, 0.05) is 44.9 Å². The van der Waals surface area contributed by atoms with Crippen molar-refractivity contribution in [2.24, 2.45) is 4.99 Å². The third-order valence-corrected chi connectivity index (χ3v) is 6.24. The monoisotopic (exact) mass is 360 g/mol. The van der Waals surface area contributed by atoms with Crippen LogP contribution in [0.4, 0.5) is 0 Å². The molecule has 3 rings (SSSR count). The van der Waals surface area contributed by atoms with Gasteiger partial charge in [-0.25, -0.2) is 0 Å². The first-order chi connectivity index (χ1) is 12.3. The highest BCUT2D eigenvalue weighted by molar-refractivity contribution is 8.00. The molecule has 0 bridgehead atoms. The van der Waals surface area contributed by atoms with E-state index in [0.717, 1.165) is 32.0 Å². The summed E-state index contributed by atoms with van der Waals surface area (Å²) in [6.45, 7) is 3.27. The van der Waals surface area contributed by atoms with Crippen LogP contribution in [-0.2, 0) is 17.9 Å². The summed E-state index contributed by atoms with van der Waals surface area (Å²) >= 11 is 2.05. The summed E-state index contributed by atoms with van der Waals surface area (Å²) in [5, 5.41) is 7.55. The number of carbonyl (C=O) groups excluding carboxylic acids is 1. The first-order valence-electron chi connectivity index (χ1n) is 9.17. The third-order valence-electron chi connectivity index (χ3n) is 4.84. The highest BCUT2D eigenvalue weighted by Gasteiger charge is 2.21. The molecule has 136 valence electrons. The van der Waals surface area contributed by atoms with E-state index >= 15 is 0 Å². The number of rotatable bonds is 6. The molecular formula is C19H28N4OS. The van der Waals surface area contributed by atoms with Crippen molar-refractivity contribution >= 4 is 23.6 Å². The zero-order valence-electron chi connectivity index (χ0n) is 15.0. The van der Waals surface area contributed by atoms with Crippen LogP contribution in [0.5, 0.6) is 0 Å². The van der Waals surface area contributed by atoms with E-state index in [1.807, 2.05) is 29.8 Å². The molecule has 1 unspecified atom stereocenters. The zero-order chi connectivity index (χ0) is 17.5. The van der Waals surface area contributed by atoms with Gasteiger partial charge in [-0.05, 0) is 36.1 Å². The number of amides is 1. The molecule has 1 atom stereocenters. The lowest BCUT2D eigenvalue weighted by Crippen LogP contribution is -2.40. The molecule has 2 saturated heterocycles. The van der Waals surface area contributed by atoms with Gasteiger partial charge in [0.25, 0.3) is 0 Å². The van der Waals surface area contributed by atoms with Gasteiger partial charge in [0.05, 0.1) is 0 Å². The largest absolute Gasteiger partial charge is 0.355 e. The van der Waals surface area contributed by atoms with E-state index < -0.39 is 0 Å². The SMILES string of the molecule is CN=C(NCc1ccccc1CN1CCCC1=O)NCC1CCCS1. The van der Waals surface area contributed by atoms with Crippen molar-refractivity contribution in [3.8, 4) is 0 Å². The maximum Gasteiger partial charge on any atom is 0.222 e. The van der Waals surface area contributed by atoms with Crippen LogP contribution in [0.15, 0.2) is 29.3 Å². The van der Waals surface area contributed by atoms with Crippen molar-refractivity contribution in [1.82, 2.24) is 15.5 Å². The Balaban J connectivity index is 1.53. The van der Waals surface area contributed by atoms with Crippen molar-refractivity contribution < 1.29 is 4.79 Å². The van der Waals surface area contributed by atoms with Crippen LogP contribution in [0.2, 0.25) is 0 Å². The predicted molar refractivity (Wildman–Crippen MR) is 105 cm³/mol. The van der Waals surface area contributed by atoms with Crippen LogP contribution in [0.3, 0.4) is 0 Å². The molecule has 1 aromatic rings. The molecule has 0 aliphatic carbocycles. The summed E-state index contributed by atoms with van der Waals surface area (Å²) in [5.74, 6) is 2.40. The summed E-state index contributed by atoms with van der Waals surface area (Å²) in [6, 6.07) is 8.35. The quantitative estimate of drug-likeness (QED) is 0.604. The predicted octanol–water partition coefficient (Wildman–Crippen LogP) is 2.37. The first-order valence-corrected chi connectivity index (χ1v) is 10.2. The lowest BCUT2D eigenvalue weighted by molar-refractivity contribution is -0.128. The van der Waals surface area contributed by atoms with Crippen molar-refractivity contribution in [1.29, 1.82) is 0 Å². The Hall–Kier alpha value is -1.69. The minimum absolute atomic E-state index is 0.273. The van der Waals surface area contributed by atoms with E-state index in [4.69, 9.17) is 0 Å². The number of hydrogen-bond donors (Lipinski definition) is 2. The van der Waals surface area contributed by atoms with Gasteiger partial charge in [-0.1, -0.05) is 24.3 Å².